The summed E-state index contributed by atoms with van der Waals surface area (Å²) in [7, 11) is 0. The van der Waals surface area contributed by atoms with Gasteiger partial charge >= 0.3 is 0 Å². The van der Waals surface area contributed by atoms with E-state index in [-0.39, 0.29) is 29.6 Å². The van der Waals surface area contributed by atoms with Crippen molar-refractivity contribution in [2.75, 3.05) is 11.9 Å². The minimum atomic E-state index is -0.807. The van der Waals surface area contributed by atoms with Crippen molar-refractivity contribution in [3.8, 4) is 11.3 Å². The summed E-state index contributed by atoms with van der Waals surface area (Å²) in [6.45, 7) is 4.42. The molecule has 176 valence electrons. The van der Waals surface area contributed by atoms with Crippen molar-refractivity contribution in [2.24, 2.45) is 5.41 Å². The zero-order chi connectivity index (χ0) is 24.3. The highest BCUT2D eigenvalue weighted by Gasteiger charge is 2.58. The molecule has 1 aliphatic carbocycles. The van der Waals surface area contributed by atoms with Gasteiger partial charge in [0, 0.05) is 17.5 Å². The number of carbonyl (C=O) groups is 2. The molecule has 2 N–H and O–H groups in total. The Bertz CT molecular complexity index is 1500. The molecule has 7 rings (SSSR count). The van der Waals surface area contributed by atoms with Crippen molar-refractivity contribution in [1.29, 1.82) is 0 Å². The molecule has 1 saturated heterocycles. The average Bonchev–Trinajstić information content (AvgIpc) is 3.33. The highest BCUT2D eigenvalue weighted by Crippen LogP contribution is 2.57. The summed E-state index contributed by atoms with van der Waals surface area (Å²) >= 11 is 0. The number of carbonyl (C=O) groups excluding carboxylic acids is 2. The molecule has 1 aromatic heterocycles. The number of nitrogens with zero attached hydrogens (tertiary/aromatic N) is 2. The predicted octanol–water partition coefficient (Wildman–Crippen LogP) is 5.40. The smallest absolute Gasteiger partial charge is 0.235 e. The summed E-state index contributed by atoms with van der Waals surface area (Å²) in [5, 5.41) is 4.25. The molecular formula is C28H25FN4O2. The minimum absolute atomic E-state index is 0.0879. The molecule has 6 nitrogen and oxygen atoms in total. The van der Waals surface area contributed by atoms with Crippen LogP contribution in [-0.4, -0.2) is 33.2 Å². The molecule has 2 aliphatic heterocycles. The summed E-state index contributed by atoms with van der Waals surface area (Å²) in [6.07, 6.45) is 2.09. The van der Waals surface area contributed by atoms with Gasteiger partial charge < -0.3 is 9.88 Å². The highest BCUT2D eigenvalue weighted by atomic mass is 19.1. The normalized spacial score (nSPS) is 22.9. The number of likely N-dealkylation sites (N-methyl/N-ethyl adjacent to an activating group) is 1. The maximum atomic E-state index is 14.3. The molecule has 3 unspecified atom stereocenters. The Morgan fingerprint density at radius 2 is 1.83 bits per heavy atom. The number of H-pyrrole nitrogens is 1. The summed E-state index contributed by atoms with van der Waals surface area (Å²) in [6, 6.07) is 18.0. The predicted molar refractivity (Wildman–Crippen MR) is 132 cm³/mol. The Kier molecular flexibility index (Phi) is 4.78. The number of amides is 2. The second kappa shape index (κ2) is 7.77. The van der Waals surface area contributed by atoms with Crippen molar-refractivity contribution in [3.63, 3.8) is 0 Å². The van der Waals surface area contributed by atoms with E-state index in [0.717, 1.165) is 22.1 Å². The van der Waals surface area contributed by atoms with E-state index in [9.17, 15) is 14.0 Å². The quantitative estimate of drug-likeness (QED) is 0.421. The number of hydrogen-bond acceptors (Lipinski definition) is 3. The molecule has 0 radical (unpaired) electrons. The Hall–Kier alpha value is -4.00. The van der Waals surface area contributed by atoms with Crippen LogP contribution in [0.4, 0.5) is 10.3 Å². The maximum Gasteiger partial charge on any atom is 0.235 e. The molecule has 2 bridgehead atoms. The van der Waals surface area contributed by atoms with Crippen LogP contribution in [-0.2, 0) is 9.59 Å². The third-order valence-corrected chi connectivity index (χ3v) is 7.62. The topological polar surface area (TPSA) is 78.1 Å². The average molecular weight is 469 g/mol. The first-order valence-corrected chi connectivity index (χ1v) is 11.9. The van der Waals surface area contributed by atoms with Gasteiger partial charge in [-0.3, -0.25) is 14.9 Å². The van der Waals surface area contributed by atoms with Gasteiger partial charge in [0.05, 0.1) is 29.3 Å². The third-order valence-electron chi connectivity index (χ3n) is 7.62. The van der Waals surface area contributed by atoms with E-state index < -0.39 is 5.41 Å². The Balaban J connectivity index is 1.33. The SMILES string of the molecule is CCN1C(=O)C2CC(C)(C(=O)Nc3ncc(-c4ccc(F)c5ccccc45)[nH]3)C1c1ccccc12. The molecule has 3 aromatic carbocycles. The van der Waals surface area contributed by atoms with Crippen molar-refractivity contribution >= 4 is 28.5 Å². The monoisotopic (exact) mass is 468 g/mol. The second-order valence-corrected chi connectivity index (χ2v) is 9.57. The van der Waals surface area contributed by atoms with Crippen LogP contribution >= 0.6 is 0 Å². The van der Waals surface area contributed by atoms with E-state index in [0.29, 0.717) is 30.0 Å². The standard InChI is InChI=1S/C28H25FN4O2/c1-3-33-24-20-11-7-5-9-17(20)21(25(33)34)14-28(24,2)26(35)32-27-30-15-23(31-27)19-12-13-22(29)18-10-6-4-8-16(18)19/h4-13,15,21,24H,3,14H2,1-2H3,(H2,30,31,32,35). The van der Waals surface area contributed by atoms with E-state index in [4.69, 9.17) is 0 Å². The summed E-state index contributed by atoms with van der Waals surface area (Å²) in [5.74, 6) is -0.385. The van der Waals surface area contributed by atoms with Crippen molar-refractivity contribution in [2.45, 2.75) is 32.2 Å². The van der Waals surface area contributed by atoms with Crippen molar-refractivity contribution < 1.29 is 14.0 Å². The summed E-state index contributed by atoms with van der Waals surface area (Å²) in [4.78, 5) is 36.2. The fourth-order valence-corrected chi connectivity index (χ4v) is 5.95. The first-order chi connectivity index (χ1) is 16.9. The lowest BCUT2D eigenvalue weighted by Gasteiger charge is -2.54. The van der Waals surface area contributed by atoms with Gasteiger partial charge in [0.1, 0.15) is 5.82 Å². The zero-order valence-corrected chi connectivity index (χ0v) is 19.5. The number of anilines is 1. The number of rotatable bonds is 4. The van der Waals surface area contributed by atoms with Crippen LogP contribution in [0.1, 0.15) is 43.4 Å². The third kappa shape index (κ3) is 3.11. The lowest BCUT2D eigenvalue weighted by Crippen LogP contribution is -2.58. The van der Waals surface area contributed by atoms with Crippen LogP contribution in [0, 0.1) is 11.2 Å². The van der Waals surface area contributed by atoms with E-state index in [1.54, 1.807) is 24.4 Å². The molecule has 0 saturated carbocycles. The van der Waals surface area contributed by atoms with Crippen LogP contribution < -0.4 is 5.32 Å². The first kappa shape index (κ1) is 21.5. The second-order valence-electron chi connectivity index (χ2n) is 9.57. The molecule has 3 aliphatic rings. The molecular weight excluding hydrogens is 443 g/mol. The Morgan fingerprint density at radius 3 is 2.60 bits per heavy atom. The molecule has 35 heavy (non-hydrogen) atoms. The number of benzene rings is 3. The van der Waals surface area contributed by atoms with Gasteiger partial charge in [-0.2, -0.15) is 0 Å². The molecule has 0 spiro atoms. The Labute approximate surface area is 202 Å². The lowest BCUT2D eigenvalue weighted by atomic mass is 9.60. The van der Waals surface area contributed by atoms with Crippen molar-refractivity contribution in [3.05, 3.63) is 83.8 Å². The van der Waals surface area contributed by atoms with Gasteiger partial charge in [0.2, 0.25) is 17.8 Å². The number of imidazole rings is 1. The molecule has 3 atom stereocenters. The minimum Gasteiger partial charge on any atom is -0.334 e. The number of halogens is 1. The highest BCUT2D eigenvalue weighted by molar-refractivity contribution is 6.00. The molecule has 3 heterocycles. The maximum absolute atomic E-state index is 14.3. The van der Waals surface area contributed by atoms with Gasteiger partial charge in [0.25, 0.3) is 0 Å². The number of hydrogen-bond donors (Lipinski definition) is 2. The first-order valence-electron chi connectivity index (χ1n) is 11.9. The zero-order valence-electron chi connectivity index (χ0n) is 19.5. The fraction of sp³-hybridized carbons (Fsp3) is 0.250. The van der Waals surface area contributed by atoms with Crippen molar-refractivity contribution in [1.82, 2.24) is 14.9 Å². The van der Waals surface area contributed by atoms with Crippen LogP contribution in [0.5, 0.6) is 0 Å². The van der Waals surface area contributed by atoms with E-state index in [1.807, 2.05) is 55.1 Å². The number of nitrogens with one attached hydrogen (secondary N) is 2. The number of fused-ring (bicyclic) bond motifs is 3. The molecule has 1 fully saturated rings. The van der Waals surface area contributed by atoms with Gasteiger partial charge in [0.15, 0.2) is 0 Å². The summed E-state index contributed by atoms with van der Waals surface area (Å²) < 4.78 is 14.3. The van der Waals surface area contributed by atoms with Gasteiger partial charge in [-0.05, 0) is 48.9 Å². The van der Waals surface area contributed by atoms with E-state index in [1.165, 1.54) is 6.07 Å². The van der Waals surface area contributed by atoms with E-state index >= 15 is 0 Å². The van der Waals surface area contributed by atoms with E-state index in [2.05, 4.69) is 15.3 Å². The fourth-order valence-electron chi connectivity index (χ4n) is 5.95. The molecule has 7 heteroatoms. The summed E-state index contributed by atoms with van der Waals surface area (Å²) in [5.41, 5.74) is 2.75. The number of piperidine rings is 1. The molecule has 2 amide bonds. The van der Waals surface area contributed by atoms with Crippen LogP contribution in [0.2, 0.25) is 0 Å². The van der Waals surface area contributed by atoms with Gasteiger partial charge in [-0.15, -0.1) is 0 Å². The van der Waals surface area contributed by atoms with Crippen LogP contribution in [0.3, 0.4) is 0 Å². The van der Waals surface area contributed by atoms with Crippen LogP contribution in [0.25, 0.3) is 22.0 Å². The Morgan fingerprint density at radius 1 is 1.11 bits per heavy atom. The van der Waals surface area contributed by atoms with Gasteiger partial charge in [-0.25, -0.2) is 9.37 Å². The lowest BCUT2D eigenvalue weighted by molar-refractivity contribution is -0.153. The number of aromatic nitrogens is 2. The number of aromatic amines is 1. The molecule has 4 aromatic rings. The van der Waals surface area contributed by atoms with Gasteiger partial charge in [-0.1, -0.05) is 48.5 Å². The largest absolute Gasteiger partial charge is 0.334 e. The van der Waals surface area contributed by atoms with Crippen LogP contribution in [0.15, 0.2) is 66.9 Å².